The number of carbonyl (C=O) groups excluding carboxylic acids is 1. The van der Waals surface area contributed by atoms with Gasteiger partial charge in [0.25, 0.3) is 5.91 Å². The van der Waals surface area contributed by atoms with E-state index < -0.39 is 0 Å². The maximum atomic E-state index is 12.0. The van der Waals surface area contributed by atoms with E-state index >= 15 is 0 Å². The van der Waals surface area contributed by atoms with Gasteiger partial charge in [-0.25, -0.2) is 0 Å². The molecule has 2 atom stereocenters. The average molecular weight is 290 g/mol. The van der Waals surface area contributed by atoms with Crippen molar-refractivity contribution in [3.05, 3.63) is 29.6 Å². The first-order valence-electron chi connectivity index (χ1n) is 7.32. The van der Waals surface area contributed by atoms with Crippen LogP contribution in [0.4, 0.5) is 0 Å². The second-order valence-electron chi connectivity index (χ2n) is 5.77. The van der Waals surface area contributed by atoms with Gasteiger partial charge < -0.3 is 16.3 Å². The van der Waals surface area contributed by atoms with Crippen LogP contribution >= 0.6 is 0 Å². The summed E-state index contributed by atoms with van der Waals surface area (Å²) in [5.74, 6) is 1.11. The third-order valence-corrected chi connectivity index (χ3v) is 4.00. The van der Waals surface area contributed by atoms with Gasteiger partial charge in [-0.1, -0.05) is 24.9 Å². The molecule has 0 bridgehead atoms. The number of hydrogen-bond donors (Lipinski definition) is 3. The van der Waals surface area contributed by atoms with E-state index in [1.165, 1.54) is 31.9 Å². The number of hydrogen-bond acceptors (Lipinski definition) is 4. The number of nitrogens with zero attached hydrogens (tertiary/aromatic N) is 2. The molecule has 1 saturated carbocycles. The van der Waals surface area contributed by atoms with Gasteiger partial charge in [0.2, 0.25) is 0 Å². The Balaban J connectivity index is 1.88. The SMILES string of the molecule is CC1CCCC(CNC(=O)c2ccc(/C(N)=N/O)cn2)C1. The van der Waals surface area contributed by atoms with E-state index in [1.54, 1.807) is 12.1 Å². The first kappa shape index (κ1) is 15.3. The van der Waals surface area contributed by atoms with E-state index in [2.05, 4.69) is 22.4 Å². The summed E-state index contributed by atoms with van der Waals surface area (Å²) in [6.07, 6.45) is 6.32. The van der Waals surface area contributed by atoms with Crippen LogP contribution in [0, 0.1) is 11.8 Å². The van der Waals surface area contributed by atoms with Crippen LogP contribution in [0.3, 0.4) is 0 Å². The van der Waals surface area contributed by atoms with Crippen LogP contribution in [0.2, 0.25) is 0 Å². The van der Waals surface area contributed by atoms with Gasteiger partial charge >= 0.3 is 0 Å². The third-order valence-electron chi connectivity index (χ3n) is 4.00. The van der Waals surface area contributed by atoms with Gasteiger partial charge in [-0.2, -0.15) is 0 Å². The zero-order chi connectivity index (χ0) is 15.2. The summed E-state index contributed by atoms with van der Waals surface area (Å²) in [5, 5.41) is 14.4. The quantitative estimate of drug-likeness (QED) is 0.340. The number of oxime groups is 1. The number of rotatable bonds is 4. The molecule has 1 aliphatic rings. The predicted molar refractivity (Wildman–Crippen MR) is 80.2 cm³/mol. The van der Waals surface area contributed by atoms with Crippen LogP contribution in [0.15, 0.2) is 23.5 Å². The van der Waals surface area contributed by atoms with Gasteiger partial charge in [0, 0.05) is 18.3 Å². The van der Waals surface area contributed by atoms with Crippen LogP contribution < -0.4 is 11.1 Å². The van der Waals surface area contributed by atoms with Crippen molar-refractivity contribution in [1.82, 2.24) is 10.3 Å². The van der Waals surface area contributed by atoms with Crippen molar-refractivity contribution >= 4 is 11.7 Å². The Morgan fingerprint density at radius 1 is 1.52 bits per heavy atom. The van der Waals surface area contributed by atoms with Crippen molar-refractivity contribution < 1.29 is 10.0 Å². The van der Waals surface area contributed by atoms with E-state index in [9.17, 15) is 4.79 Å². The molecule has 0 spiro atoms. The Hall–Kier alpha value is -2.11. The maximum absolute atomic E-state index is 12.0. The summed E-state index contributed by atoms with van der Waals surface area (Å²) in [4.78, 5) is 16.1. The first-order chi connectivity index (χ1) is 10.1. The highest BCUT2D eigenvalue weighted by atomic mass is 16.4. The Morgan fingerprint density at radius 3 is 2.95 bits per heavy atom. The standard InChI is InChI=1S/C15H22N4O2/c1-10-3-2-4-11(7-10)8-18-15(20)13-6-5-12(9-17-13)14(16)19-21/h5-6,9-11,21H,2-4,7-8H2,1H3,(H2,16,19)(H,18,20). The minimum Gasteiger partial charge on any atom is -0.409 e. The van der Waals surface area contributed by atoms with E-state index in [1.807, 2.05) is 0 Å². The molecule has 1 fully saturated rings. The summed E-state index contributed by atoms with van der Waals surface area (Å²) in [6.45, 7) is 2.97. The van der Waals surface area contributed by atoms with Gasteiger partial charge in [-0.3, -0.25) is 9.78 Å². The summed E-state index contributed by atoms with van der Waals surface area (Å²) < 4.78 is 0. The predicted octanol–water partition coefficient (Wildman–Crippen LogP) is 1.73. The van der Waals surface area contributed by atoms with Gasteiger partial charge in [-0.15, -0.1) is 0 Å². The summed E-state index contributed by atoms with van der Waals surface area (Å²) in [7, 11) is 0. The average Bonchev–Trinajstić information content (AvgIpc) is 2.52. The summed E-state index contributed by atoms with van der Waals surface area (Å²) in [6, 6.07) is 3.19. The smallest absolute Gasteiger partial charge is 0.269 e. The van der Waals surface area contributed by atoms with Crippen molar-refractivity contribution in [1.29, 1.82) is 0 Å². The van der Waals surface area contributed by atoms with Crippen LogP contribution in [-0.4, -0.2) is 28.5 Å². The van der Waals surface area contributed by atoms with Crippen molar-refractivity contribution in [2.45, 2.75) is 32.6 Å². The molecule has 2 unspecified atom stereocenters. The van der Waals surface area contributed by atoms with Gasteiger partial charge in [0.1, 0.15) is 5.69 Å². The van der Waals surface area contributed by atoms with Gasteiger partial charge in [0.05, 0.1) is 0 Å². The zero-order valence-electron chi connectivity index (χ0n) is 12.2. The normalized spacial score (nSPS) is 22.8. The lowest BCUT2D eigenvalue weighted by molar-refractivity contribution is 0.0935. The number of amides is 1. The van der Waals surface area contributed by atoms with Crippen LogP contribution in [-0.2, 0) is 0 Å². The summed E-state index contributed by atoms with van der Waals surface area (Å²) >= 11 is 0. The minimum absolute atomic E-state index is 0.0225. The van der Waals surface area contributed by atoms with E-state index in [0.717, 1.165) is 5.92 Å². The number of nitrogens with one attached hydrogen (secondary N) is 1. The molecule has 0 aliphatic heterocycles. The van der Waals surface area contributed by atoms with Crippen molar-refractivity contribution in [3.63, 3.8) is 0 Å². The molecule has 0 saturated heterocycles. The lowest BCUT2D eigenvalue weighted by Gasteiger charge is -2.26. The highest BCUT2D eigenvalue weighted by molar-refractivity contribution is 5.98. The highest BCUT2D eigenvalue weighted by Crippen LogP contribution is 2.27. The van der Waals surface area contributed by atoms with Crippen molar-refractivity contribution in [3.8, 4) is 0 Å². The molecule has 4 N–H and O–H groups in total. The minimum atomic E-state index is -0.181. The Bertz CT molecular complexity index is 513. The monoisotopic (exact) mass is 290 g/mol. The fourth-order valence-electron chi connectivity index (χ4n) is 2.81. The zero-order valence-corrected chi connectivity index (χ0v) is 12.2. The molecule has 2 rings (SSSR count). The number of pyridine rings is 1. The van der Waals surface area contributed by atoms with Crippen molar-refractivity contribution in [2.24, 2.45) is 22.7 Å². The molecule has 0 radical (unpaired) electrons. The fourth-order valence-corrected chi connectivity index (χ4v) is 2.81. The molecule has 6 nitrogen and oxygen atoms in total. The number of aromatic nitrogens is 1. The molecule has 1 aliphatic carbocycles. The molecular formula is C15H22N4O2. The van der Waals surface area contributed by atoms with Crippen molar-refractivity contribution in [2.75, 3.05) is 6.54 Å². The first-order valence-corrected chi connectivity index (χ1v) is 7.32. The molecule has 1 amide bonds. The molecule has 0 aromatic carbocycles. The molecule has 1 heterocycles. The highest BCUT2D eigenvalue weighted by Gasteiger charge is 2.19. The number of nitrogens with two attached hydrogens (primary N) is 1. The number of amidine groups is 1. The van der Waals surface area contributed by atoms with Crippen LogP contribution in [0.25, 0.3) is 0 Å². The Labute approximate surface area is 124 Å². The second-order valence-corrected chi connectivity index (χ2v) is 5.77. The van der Waals surface area contributed by atoms with Gasteiger partial charge in [-0.05, 0) is 36.8 Å². The molecule has 114 valence electrons. The largest absolute Gasteiger partial charge is 0.409 e. The van der Waals surface area contributed by atoms with Crippen LogP contribution in [0.5, 0.6) is 0 Å². The Morgan fingerprint density at radius 2 is 2.33 bits per heavy atom. The van der Waals surface area contributed by atoms with Crippen LogP contribution in [0.1, 0.15) is 48.7 Å². The Kier molecular flexibility index (Phi) is 5.14. The lowest BCUT2D eigenvalue weighted by Crippen LogP contribution is -2.32. The maximum Gasteiger partial charge on any atom is 0.269 e. The molecule has 21 heavy (non-hydrogen) atoms. The molecular weight excluding hydrogens is 268 g/mol. The topological polar surface area (TPSA) is 101 Å². The second kappa shape index (κ2) is 7.06. The lowest BCUT2D eigenvalue weighted by atomic mass is 9.82. The molecule has 1 aromatic rings. The van der Waals surface area contributed by atoms with E-state index in [-0.39, 0.29) is 11.7 Å². The number of carbonyl (C=O) groups is 1. The van der Waals surface area contributed by atoms with E-state index in [4.69, 9.17) is 10.9 Å². The molecule has 1 aromatic heterocycles. The van der Waals surface area contributed by atoms with E-state index in [0.29, 0.717) is 23.7 Å². The third kappa shape index (κ3) is 4.18. The fraction of sp³-hybridized carbons (Fsp3) is 0.533. The molecule has 6 heteroatoms. The van der Waals surface area contributed by atoms with Gasteiger partial charge in [0.15, 0.2) is 5.84 Å². The summed E-state index contributed by atoms with van der Waals surface area (Å²) in [5.41, 5.74) is 6.27.